The van der Waals surface area contributed by atoms with Crippen LogP contribution in [0.25, 0.3) is 0 Å². The number of nitrogens with one attached hydrogen (secondary N) is 1. The molecular weight excluding hydrogens is 475 g/mol. The summed E-state index contributed by atoms with van der Waals surface area (Å²) in [6, 6.07) is 9.50. The van der Waals surface area contributed by atoms with E-state index in [0.29, 0.717) is 12.0 Å². The van der Waals surface area contributed by atoms with Crippen LogP contribution in [0.2, 0.25) is 0 Å². The molecule has 2 aliphatic heterocycles. The molecule has 0 aliphatic carbocycles. The number of aliphatic imine (C=N–C) groups is 1. The third-order valence-electron chi connectivity index (χ3n) is 6.08. The number of halogens is 1. The molecule has 1 N–H and O–H groups in total. The van der Waals surface area contributed by atoms with Crippen LogP contribution < -0.4 is 5.32 Å². The molecule has 2 heterocycles. The predicted octanol–water partition coefficient (Wildman–Crippen LogP) is 4.11. The fourth-order valence-electron chi connectivity index (χ4n) is 4.31. The maximum atomic E-state index is 5.53. The highest BCUT2D eigenvalue weighted by atomic mass is 127. The van der Waals surface area contributed by atoms with E-state index in [4.69, 9.17) is 9.73 Å². The van der Waals surface area contributed by atoms with E-state index >= 15 is 0 Å². The molecule has 0 spiro atoms. The Balaban J connectivity index is 0.00000300. The fourth-order valence-corrected chi connectivity index (χ4v) is 4.31. The van der Waals surface area contributed by atoms with Crippen LogP contribution in [0.15, 0.2) is 29.3 Å². The zero-order valence-corrected chi connectivity index (χ0v) is 20.7. The van der Waals surface area contributed by atoms with Gasteiger partial charge in [0.25, 0.3) is 0 Å². The lowest BCUT2D eigenvalue weighted by molar-refractivity contribution is 0.152. The number of hydrogen-bond acceptors (Lipinski definition) is 3. The first-order valence-corrected chi connectivity index (χ1v) is 11.1. The molecule has 0 bridgehead atoms. The predicted molar refractivity (Wildman–Crippen MR) is 132 cm³/mol. The molecule has 2 saturated heterocycles. The van der Waals surface area contributed by atoms with E-state index in [1.807, 2.05) is 0 Å². The number of piperidine rings is 1. The lowest BCUT2D eigenvalue weighted by Gasteiger charge is -2.33. The topological polar surface area (TPSA) is 40.1 Å². The number of ether oxygens (including phenoxy) is 1. The van der Waals surface area contributed by atoms with Crippen molar-refractivity contribution in [2.75, 3.05) is 39.9 Å². The van der Waals surface area contributed by atoms with Crippen molar-refractivity contribution in [3.05, 3.63) is 35.4 Å². The van der Waals surface area contributed by atoms with Gasteiger partial charge >= 0.3 is 0 Å². The van der Waals surface area contributed by atoms with Crippen LogP contribution in [-0.4, -0.2) is 61.7 Å². The first kappa shape index (κ1) is 24.4. The van der Waals surface area contributed by atoms with Gasteiger partial charge in [-0.2, -0.15) is 0 Å². The number of likely N-dealkylation sites (tertiary alicyclic amines) is 1. The van der Waals surface area contributed by atoms with E-state index in [1.54, 1.807) is 0 Å². The van der Waals surface area contributed by atoms with Gasteiger partial charge in [-0.3, -0.25) is 4.90 Å². The molecule has 2 aliphatic rings. The second-order valence-electron chi connectivity index (χ2n) is 8.36. The molecule has 0 radical (unpaired) electrons. The van der Waals surface area contributed by atoms with E-state index < -0.39 is 0 Å². The van der Waals surface area contributed by atoms with E-state index in [0.717, 1.165) is 51.8 Å². The summed E-state index contributed by atoms with van der Waals surface area (Å²) in [4.78, 5) is 9.86. The van der Waals surface area contributed by atoms with E-state index in [-0.39, 0.29) is 24.0 Å². The molecule has 2 fully saturated rings. The van der Waals surface area contributed by atoms with Crippen LogP contribution in [-0.2, 0) is 17.8 Å². The van der Waals surface area contributed by atoms with Crippen molar-refractivity contribution in [1.82, 2.24) is 15.1 Å². The second-order valence-corrected chi connectivity index (χ2v) is 8.36. The fraction of sp³-hybridized carbons (Fsp3) is 0.696. The summed E-state index contributed by atoms with van der Waals surface area (Å²) in [7, 11) is 2.14. The number of benzene rings is 1. The third-order valence-corrected chi connectivity index (χ3v) is 6.08. The Morgan fingerprint density at radius 3 is 2.72 bits per heavy atom. The van der Waals surface area contributed by atoms with Gasteiger partial charge in [0.05, 0.1) is 13.2 Å². The number of guanidine groups is 1. The highest BCUT2D eigenvalue weighted by Crippen LogP contribution is 2.21. The molecule has 2 atom stereocenters. The molecule has 1 aromatic rings. The molecule has 5 nitrogen and oxygen atoms in total. The molecule has 164 valence electrons. The van der Waals surface area contributed by atoms with Crippen LogP contribution >= 0.6 is 24.0 Å². The first-order chi connectivity index (χ1) is 13.7. The molecule has 0 aromatic heterocycles. The van der Waals surface area contributed by atoms with E-state index in [1.165, 1.54) is 36.9 Å². The van der Waals surface area contributed by atoms with Crippen LogP contribution in [0.4, 0.5) is 0 Å². The minimum atomic E-state index is 0. The highest BCUT2D eigenvalue weighted by Gasteiger charge is 2.20. The van der Waals surface area contributed by atoms with Crippen molar-refractivity contribution in [3.8, 4) is 0 Å². The van der Waals surface area contributed by atoms with Crippen molar-refractivity contribution >= 4 is 29.9 Å². The van der Waals surface area contributed by atoms with Gasteiger partial charge in [0.1, 0.15) is 0 Å². The molecule has 6 heteroatoms. The van der Waals surface area contributed by atoms with Gasteiger partial charge in [0.15, 0.2) is 5.96 Å². The highest BCUT2D eigenvalue weighted by molar-refractivity contribution is 14.0. The van der Waals surface area contributed by atoms with Gasteiger partial charge in [-0.25, -0.2) is 4.99 Å². The van der Waals surface area contributed by atoms with E-state index in [9.17, 15) is 0 Å². The lowest BCUT2D eigenvalue weighted by atomic mass is 10.0. The lowest BCUT2D eigenvalue weighted by Crippen LogP contribution is -2.41. The van der Waals surface area contributed by atoms with Gasteiger partial charge < -0.3 is 15.0 Å². The standard InChI is InChI=1S/C23H38N4O.HI/c1-4-24-23(26(3)16-20-12-14-28-18-20)25-15-21-10-5-6-11-22(21)17-27-13-8-7-9-19(27)2;/h5-6,10-11,19-20H,4,7-9,12-18H2,1-3H3,(H,24,25);1H. The van der Waals surface area contributed by atoms with Gasteiger partial charge in [0, 0.05) is 45.2 Å². The normalized spacial score (nSPS) is 22.9. The van der Waals surface area contributed by atoms with Crippen molar-refractivity contribution < 1.29 is 4.74 Å². The molecule has 0 amide bonds. The van der Waals surface area contributed by atoms with Crippen LogP contribution in [0.3, 0.4) is 0 Å². The Labute approximate surface area is 194 Å². The largest absolute Gasteiger partial charge is 0.381 e. The van der Waals surface area contributed by atoms with Crippen LogP contribution in [0, 0.1) is 5.92 Å². The van der Waals surface area contributed by atoms with Crippen LogP contribution in [0.1, 0.15) is 50.7 Å². The monoisotopic (exact) mass is 514 g/mol. The van der Waals surface area contributed by atoms with Gasteiger partial charge in [0.2, 0.25) is 0 Å². The summed E-state index contributed by atoms with van der Waals surface area (Å²) < 4.78 is 5.53. The maximum Gasteiger partial charge on any atom is 0.193 e. The smallest absolute Gasteiger partial charge is 0.193 e. The number of hydrogen-bond donors (Lipinski definition) is 1. The van der Waals surface area contributed by atoms with Gasteiger partial charge in [-0.1, -0.05) is 30.7 Å². The zero-order chi connectivity index (χ0) is 19.8. The average molecular weight is 514 g/mol. The Bertz CT molecular complexity index is 633. The summed E-state index contributed by atoms with van der Waals surface area (Å²) in [5.74, 6) is 1.61. The van der Waals surface area contributed by atoms with Gasteiger partial charge in [-0.15, -0.1) is 24.0 Å². The molecule has 1 aromatic carbocycles. The van der Waals surface area contributed by atoms with Crippen LogP contribution in [0.5, 0.6) is 0 Å². The number of rotatable bonds is 7. The summed E-state index contributed by atoms with van der Waals surface area (Å²) in [5, 5.41) is 3.46. The zero-order valence-electron chi connectivity index (χ0n) is 18.4. The Hall–Kier alpha value is -0.860. The number of nitrogens with zero attached hydrogens (tertiary/aromatic N) is 3. The van der Waals surface area contributed by atoms with Crippen molar-refractivity contribution in [3.63, 3.8) is 0 Å². The molecule has 0 saturated carbocycles. The Morgan fingerprint density at radius 2 is 2.03 bits per heavy atom. The summed E-state index contributed by atoms with van der Waals surface area (Å²) in [5.41, 5.74) is 2.76. The SMILES string of the molecule is CCNC(=NCc1ccccc1CN1CCCCC1C)N(C)CC1CCOC1.I. The van der Waals surface area contributed by atoms with Crippen molar-refractivity contribution in [1.29, 1.82) is 0 Å². The Kier molecular flexibility index (Phi) is 10.7. The van der Waals surface area contributed by atoms with Crippen molar-refractivity contribution in [2.45, 2.75) is 58.7 Å². The first-order valence-electron chi connectivity index (χ1n) is 11.1. The third kappa shape index (κ3) is 7.40. The van der Waals surface area contributed by atoms with Gasteiger partial charge in [-0.05, 0) is 50.8 Å². The average Bonchev–Trinajstić information content (AvgIpc) is 3.21. The summed E-state index contributed by atoms with van der Waals surface area (Å²) in [6.07, 6.45) is 5.17. The minimum Gasteiger partial charge on any atom is -0.381 e. The van der Waals surface area contributed by atoms with Crippen molar-refractivity contribution in [2.24, 2.45) is 10.9 Å². The molecule has 3 rings (SSSR count). The quantitative estimate of drug-likeness (QED) is 0.338. The summed E-state index contributed by atoms with van der Waals surface area (Å²) >= 11 is 0. The second kappa shape index (κ2) is 12.7. The molecule has 29 heavy (non-hydrogen) atoms. The van der Waals surface area contributed by atoms with E-state index in [2.05, 4.69) is 60.3 Å². The molecular formula is C23H39IN4O. The minimum absolute atomic E-state index is 0. The Morgan fingerprint density at radius 1 is 1.24 bits per heavy atom. The maximum absolute atomic E-state index is 5.53. The molecule has 2 unspecified atom stereocenters. The summed E-state index contributed by atoms with van der Waals surface area (Å²) in [6.45, 7) is 11.1.